The molecule has 0 N–H and O–H groups in total. The van der Waals surface area contributed by atoms with Crippen molar-refractivity contribution in [3.63, 3.8) is 0 Å². The predicted octanol–water partition coefficient (Wildman–Crippen LogP) is 7.25. The number of nitrogens with zero attached hydrogens (tertiary/aromatic N) is 2. The van der Waals surface area contributed by atoms with Crippen molar-refractivity contribution in [2.24, 2.45) is 5.10 Å². The maximum Gasteiger partial charge on any atom is 0.213 e. The summed E-state index contributed by atoms with van der Waals surface area (Å²) < 4.78 is 6.48. The Balaban J connectivity index is 1.38. The number of hydrogen-bond acceptors (Lipinski definition) is 3. The molecule has 0 amide bonds. The van der Waals surface area contributed by atoms with E-state index in [-0.39, 0.29) is 12.3 Å². The average Bonchev–Trinajstić information content (AvgIpc) is 3.30. The van der Waals surface area contributed by atoms with E-state index in [1.807, 2.05) is 36.4 Å². The Hall–Kier alpha value is -3.56. The molecule has 2 atom stereocenters. The van der Waals surface area contributed by atoms with E-state index in [0.717, 1.165) is 34.0 Å². The van der Waals surface area contributed by atoms with Crippen molar-refractivity contribution in [3.8, 4) is 16.9 Å². The standard InChI is InChI=1S/C28H21ClN2O/c29-23-16-14-21(15-17-23)25-18-26-24-8-4-5-9-27(24)32-28(31(26)30-25)22-12-10-20(11-13-22)19-6-2-1-3-7-19/h1-17,26,28H,18H2. The third kappa shape index (κ3) is 3.35. The van der Waals surface area contributed by atoms with Crippen LogP contribution in [0.25, 0.3) is 11.1 Å². The monoisotopic (exact) mass is 436 g/mol. The molecule has 2 aliphatic rings. The first-order valence-electron chi connectivity index (χ1n) is 10.8. The lowest BCUT2D eigenvalue weighted by Crippen LogP contribution is -2.33. The summed E-state index contributed by atoms with van der Waals surface area (Å²) in [6, 6.07) is 35.4. The van der Waals surface area contributed by atoms with Crippen molar-refractivity contribution in [3.05, 3.63) is 125 Å². The minimum absolute atomic E-state index is 0.143. The van der Waals surface area contributed by atoms with Crippen LogP contribution in [0.1, 0.15) is 35.4 Å². The van der Waals surface area contributed by atoms with Crippen molar-refractivity contribution >= 4 is 17.3 Å². The third-order valence-electron chi connectivity index (χ3n) is 6.18. The van der Waals surface area contributed by atoms with E-state index in [2.05, 4.69) is 71.7 Å². The van der Waals surface area contributed by atoms with Gasteiger partial charge in [-0.3, -0.25) is 0 Å². The minimum atomic E-state index is -0.274. The van der Waals surface area contributed by atoms with Crippen LogP contribution in [0.5, 0.6) is 5.75 Å². The highest BCUT2D eigenvalue weighted by Gasteiger charge is 2.40. The quantitative estimate of drug-likeness (QED) is 0.338. The molecule has 4 aromatic rings. The summed E-state index contributed by atoms with van der Waals surface area (Å²) in [5.74, 6) is 0.929. The zero-order chi connectivity index (χ0) is 21.5. The summed E-state index contributed by atoms with van der Waals surface area (Å²) in [6.45, 7) is 0. The Kier molecular flexibility index (Phi) is 4.70. The van der Waals surface area contributed by atoms with Gasteiger partial charge in [0.05, 0.1) is 11.8 Å². The van der Waals surface area contributed by atoms with E-state index in [0.29, 0.717) is 0 Å². The van der Waals surface area contributed by atoms with E-state index < -0.39 is 0 Å². The zero-order valence-electron chi connectivity index (χ0n) is 17.4. The summed E-state index contributed by atoms with van der Waals surface area (Å²) in [4.78, 5) is 0. The van der Waals surface area contributed by atoms with Crippen molar-refractivity contribution in [1.29, 1.82) is 0 Å². The Morgan fingerprint density at radius 1 is 0.719 bits per heavy atom. The molecule has 2 heterocycles. The number of rotatable bonds is 3. The Morgan fingerprint density at radius 3 is 2.16 bits per heavy atom. The molecule has 0 saturated carbocycles. The van der Waals surface area contributed by atoms with E-state index in [1.54, 1.807) is 0 Å². The van der Waals surface area contributed by atoms with E-state index in [1.165, 1.54) is 16.7 Å². The van der Waals surface area contributed by atoms with Gasteiger partial charge in [-0.05, 0) is 34.9 Å². The molecule has 2 unspecified atom stereocenters. The predicted molar refractivity (Wildman–Crippen MR) is 129 cm³/mol. The summed E-state index contributed by atoms with van der Waals surface area (Å²) in [5, 5.41) is 7.88. The first-order chi connectivity index (χ1) is 15.8. The van der Waals surface area contributed by atoms with Crippen LogP contribution in [0.4, 0.5) is 0 Å². The molecule has 32 heavy (non-hydrogen) atoms. The van der Waals surface area contributed by atoms with Gasteiger partial charge in [-0.1, -0.05) is 96.5 Å². The molecular weight excluding hydrogens is 416 g/mol. The van der Waals surface area contributed by atoms with Gasteiger partial charge in [0.15, 0.2) is 0 Å². The Labute approximate surface area is 192 Å². The van der Waals surface area contributed by atoms with Gasteiger partial charge < -0.3 is 4.74 Å². The highest BCUT2D eigenvalue weighted by atomic mass is 35.5. The van der Waals surface area contributed by atoms with Crippen LogP contribution in [-0.4, -0.2) is 10.7 Å². The molecule has 0 spiro atoms. The van der Waals surface area contributed by atoms with Crippen LogP contribution in [0, 0.1) is 0 Å². The molecule has 4 aromatic carbocycles. The van der Waals surface area contributed by atoms with Crippen LogP contribution in [0.2, 0.25) is 5.02 Å². The summed E-state index contributed by atoms with van der Waals surface area (Å²) in [6.07, 6.45) is 0.560. The first kappa shape index (κ1) is 19.1. The Bertz CT molecular complexity index is 1280. The lowest BCUT2D eigenvalue weighted by atomic mass is 9.95. The molecule has 0 aromatic heterocycles. The third-order valence-corrected chi connectivity index (χ3v) is 6.43. The molecule has 6 rings (SSSR count). The van der Waals surface area contributed by atoms with E-state index >= 15 is 0 Å². The van der Waals surface area contributed by atoms with Crippen molar-refractivity contribution in [2.45, 2.75) is 18.7 Å². The maximum absolute atomic E-state index is 6.48. The number of para-hydroxylation sites is 1. The SMILES string of the molecule is Clc1ccc(C2=NN3C(C2)c2ccccc2OC3c2ccc(-c3ccccc3)cc2)cc1. The molecule has 0 aliphatic carbocycles. The molecule has 4 heteroatoms. The Morgan fingerprint density at radius 2 is 1.38 bits per heavy atom. The second-order valence-corrected chi connectivity index (χ2v) is 8.59. The second-order valence-electron chi connectivity index (χ2n) is 8.15. The van der Waals surface area contributed by atoms with Crippen molar-refractivity contribution in [2.75, 3.05) is 0 Å². The molecule has 2 aliphatic heterocycles. The highest BCUT2D eigenvalue weighted by Crippen LogP contribution is 2.47. The summed E-state index contributed by atoms with van der Waals surface area (Å²) >= 11 is 6.10. The molecular formula is C28H21ClN2O. The average molecular weight is 437 g/mol. The number of benzene rings is 4. The van der Waals surface area contributed by atoms with Gasteiger partial charge in [-0.2, -0.15) is 5.10 Å². The van der Waals surface area contributed by atoms with Gasteiger partial charge in [0.1, 0.15) is 5.75 Å². The van der Waals surface area contributed by atoms with Gasteiger partial charge in [0, 0.05) is 22.6 Å². The van der Waals surface area contributed by atoms with Gasteiger partial charge >= 0.3 is 0 Å². The van der Waals surface area contributed by atoms with Crippen molar-refractivity contribution in [1.82, 2.24) is 5.01 Å². The molecule has 156 valence electrons. The van der Waals surface area contributed by atoms with Gasteiger partial charge in [-0.15, -0.1) is 0 Å². The lowest BCUT2D eigenvalue weighted by molar-refractivity contribution is -0.0190. The molecule has 0 bridgehead atoms. The highest BCUT2D eigenvalue weighted by molar-refractivity contribution is 6.30. The van der Waals surface area contributed by atoms with Crippen LogP contribution < -0.4 is 4.74 Å². The maximum atomic E-state index is 6.48. The zero-order valence-corrected chi connectivity index (χ0v) is 18.1. The number of fused-ring (bicyclic) bond motifs is 3. The fraction of sp³-hybridized carbons (Fsp3) is 0.107. The van der Waals surface area contributed by atoms with Gasteiger partial charge in [0.2, 0.25) is 6.23 Å². The molecule has 0 radical (unpaired) electrons. The second kappa shape index (κ2) is 7.85. The summed E-state index contributed by atoms with van der Waals surface area (Å²) in [7, 11) is 0. The van der Waals surface area contributed by atoms with Crippen LogP contribution in [0.3, 0.4) is 0 Å². The van der Waals surface area contributed by atoms with Crippen molar-refractivity contribution < 1.29 is 4.74 Å². The lowest BCUT2D eigenvalue weighted by Gasteiger charge is -2.38. The van der Waals surface area contributed by atoms with E-state index in [4.69, 9.17) is 21.4 Å². The smallest absolute Gasteiger partial charge is 0.213 e. The van der Waals surface area contributed by atoms with Crippen LogP contribution in [-0.2, 0) is 0 Å². The number of ether oxygens (including phenoxy) is 1. The summed E-state index contributed by atoms with van der Waals surface area (Å²) in [5.41, 5.74) is 6.81. The molecule has 3 nitrogen and oxygen atoms in total. The van der Waals surface area contributed by atoms with Crippen LogP contribution >= 0.6 is 11.6 Å². The topological polar surface area (TPSA) is 24.8 Å². The first-order valence-corrected chi connectivity index (χ1v) is 11.2. The fourth-order valence-corrected chi connectivity index (χ4v) is 4.67. The fourth-order valence-electron chi connectivity index (χ4n) is 4.54. The van der Waals surface area contributed by atoms with E-state index in [9.17, 15) is 0 Å². The van der Waals surface area contributed by atoms with Gasteiger partial charge in [0.25, 0.3) is 0 Å². The van der Waals surface area contributed by atoms with Crippen LogP contribution in [0.15, 0.2) is 108 Å². The molecule has 0 fully saturated rings. The number of hydrazone groups is 1. The number of halogens is 1. The minimum Gasteiger partial charge on any atom is -0.464 e. The normalized spacial score (nSPS) is 19.0. The van der Waals surface area contributed by atoms with Gasteiger partial charge in [-0.25, -0.2) is 5.01 Å². The number of hydrogen-bond donors (Lipinski definition) is 0. The largest absolute Gasteiger partial charge is 0.464 e. The molecule has 0 saturated heterocycles.